The molecule has 0 amide bonds. The van der Waals surface area contributed by atoms with Crippen LogP contribution in [0.25, 0.3) is 0 Å². The van der Waals surface area contributed by atoms with Gasteiger partial charge in [-0.15, -0.1) is 0 Å². The van der Waals surface area contributed by atoms with Gasteiger partial charge in [0, 0.05) is 11.6 Å². The van der Waals surface area contributed by atoms with Crippen molar-refractivity contribution in [2.45, 2.75) is 19.4 Å². The first kappa shape index (κ1) is 11.0. The predicted octanol–water partition coefficient (Wildman–Crippen LogP) is 2.65. The lowest BCUT2D eigenvalue weighted by molar-refractivity contribution is 0.399. The average Bonchev–Trinajstić information content (AvgIpc) is 2.19. The molecule has 0 saturated carbocycles. The van der Waals surface area contributed by atoms with Gasteiger partial charge in [0.25, 0.3) is 0 Å². The van der Waals surface area contributed by atoms with Crippen LogP contribution in [0.2, 0.25) is 0 Å². The van der Waals surface area contributed by atoms with E-state index in [0.717, 1.165) is 0 Å². The number of hydrogen-bond donors (Lipinski definition) is 1. The Labute approximate surface area is 78.5 Å². The van der Waals surface area contributed by atoms with E-state index in [-0.39, 0.29) is 5.56 Å². The zero-order chi connectivity index (χ0) is 10.9. The Balaban J connectivity index is 3.33. The second-order valence-corrected chi connectivity index (χ2v) is 2.90. The minimum atomic E-state index is -1.82. The maximum atomic E-state index is 13.0. The van der Waals surface area contributed by atoms with E-state index in [0.29, 0.717) is 12.5 Å². The molecule has 0 aliphatic heterocycles. The van der Waals surface area contributed by atoms with Crippen molar-refractivity contribution in [3.8, 4) is 0 Å². The van der Waals surface area contributed by atoms with Crippen LogP contribution >= 0.6 is 0 Å². The Morgan fingerprint density at radius 1 is 1.14 bits per heavy atom. The number of rotatable bonds is 2. The summed E-state index contributed by atoms with van der Waals surface area (Å²) in [5.41, 5.74) is 5.04. The Kier molecular flexibility index (Phi) is 3.10. The summed E-state index contributed by atoms with van der Waals surface area (Å²) in [6.45, 7) is 1.63. The van der Waals surface area contributed by atoms with E-state index < -0.39 is 29.3 Å². The zero-order valence-electron chi connectivity index (χ0n) is 7.45. The molecule has 1 atom stereocenters. The topological polar surface area (TPSA) is 26.0 Å². The SMILES string of the molecule is CC[C@H](N)c1cc(F)c(F)c(F)c1F. The molecular formula is C9H9F4N. The lowest BCUT2D eigenvalue weighted by atomic mass is 10.0. The fraction of sp³-hybridized carbons (Fsp3) is 0.333. The summed E-state index contributed by atoms with van der Waals surface area (Å²) in [5.74, 6) is -6.47. The quantitative estimate of drug-likeness (QED) is 0.450. The maximum absolute atomic E-state index is 13.0. The highest BCUT2D eigenvalue weighted by atomic mass is 19.2. The van der Waals surface area contributed by atoms with Crippen molar-refractivity contribution in [3.63, 3.8) is 0 Å². The van der Waals surface area contributed by atoms with E-state index in [1.165, 1.54) is 0 Å². The molecule has 2 N–H and O–H groups in total. The molecule has 78 valence electrons. The van der Waals surface area contributed by atoms with Crippen LogP contribution in [0.5, 0.6) is 0 Å². The van der Waals surface area contributed by atoms with Crippen LogP contribution < -0.4 is 5.73 Å². The highest BCUT2D eigenvalue weighted by Crippen LogP contribution is 2.23. The number of benzene rings is 1. The third-order valence-corrected chi connectivity index (χ3v) is 1.97. The standard InChI is InChI=1S/C9H9F4N/c1-2-6(14)4-3-5(10)8(12)9(13)7(4)11/h3,6H,2,14H2,1H3/t6-/m0/s1. The van der Waals surface area contributed by atoms with Crippen LogP contribution in [0.15, 0.2) is 6.07 Å². The summed E-state index contributed by atoms with van der Waals surface area (Å²) < 4.78 is 50.9. The second-order valence-electron chi connectivity index (χ2n) is 2.90. The molecule has 1 aromatic carbocycles. The van der Waals surface area contributed by atoms with Crippen molar-refractivity contribution >= 4 is 0 Å². The summed E-state index contributed by atoms with van der Waals surface area (Å²) in [6.07, 6.45) is 0.307. The molecule has 5 heteroatoms. The zero-order valence-corrected chi connectivity index (χ0v) is 7.45. The summed E-state index contributed by atoms with van der Waals surface area (Å²) in [6, 6.07) is -0.248. The van der Waals surface area contributed by atoms with Gasteiger partial charge in [-0.1, -0.05) is 6.92 Å². The Morgan fingerprint density at radius 2 is 1.71 bits per heavy atom. The normalized spacial score (nSPS) is 13.0. The van der Waals surface area contributed by atoms with E-state index in [1.54, 1.807) is 6.92 Å². The lowest BCUT2D eigenvalue weighted by Gasteiger charge is -2.11. The van der Waals surface area contributed by atoms with Gasteiger partial charge >= 0.3 is 0 Å². The second kappa shape index (κ2) is 3.96. The molecule has 0 bridgehead atoms. The third-order valence-electron chi connectivity index (χ3n) is 1.97. The van der Waals surface area contributed by atoms with Crippen molar-refractivity contribution in [1.82, 2.24) is 0 Å². The molecule has 1 nitrogen and oxygen atoms in total. The van der Waals surface area contributed by atoms with Gasteiger partial charge < -0.3 is 5.73 Å². The molecule has 0 fully saturated rings. The minimum absolute atomic E-state index is 0.307. The molecule has 0 unspecified atom stereocenters. The predicted molar refractivity (Wildman–Crippen MR) is 43.5 cm³/mol. The lowest BCUT2D eigenvalue weighted by Crippen LogP contribution is -2.13. The van der Waals surface area contributed by atoms with Gasteiger partial charge in [-0.05, 0) is 12.5 Å². The van der Waals surface area contributed by atoms with Crippen molar-refractivity contribution in [3.05, 3.63) is 34.9 Å². The molecule has 0 aliphatic rings. The van der Waals surface area contributed by atoms with E-state index in [1.807, 2.05) is 0 Å². The van der Waals surface area contributed by atoms with Gasteiger partial charge in [0.1, 0.15) is 0 Å². The largest absolute Gasteiger partial charge is 0.324 e. The van der Waals surface area contributed by atoms with Crippen molar-refractivity contribution in [2.24, 2.45) is 5.73 Å². The Hall–Kier alpha value is -1.10. The monoisotopic (exact) mass is 207 g/mol. The summed E-state index contributed by atoms with van der Waals surface area (Å²) in [5, 5.41) is 0. The van der Waals surface area contributed by atoms with E-state index >= 15 is 0 Å². The van der Waals surface area contributed by atoms with E-state index in [9.17, 15) is 17.6 Å². The molecule has 14 heavy (non-hydrogen) atoms. The first-order chi connectivity index (χ1) is 6.49. The van der Waals surface area contributed by atoms with Crippen LogP contribution in [0.3, 0.4) is 0 Å². The van der Waals surface area contributed by atoms with Crippen LogP contribution in [0.1, 0.15) is 24.9 Å². The van der Waals surface area contributed by atoms with Gasteiger partial charge in [0.2, 0.25) is 0 Å². The summed E-state index contributed by atoms with van der Waals surface area (Å²) in [7, 11) is 0. The number of nitrogens with two attached hydrogens (primary N) is 1. The molecule has 1 aromatic rings. The van der Waals surface area contributed by atoms with E-state index in [4.69, 9.17) is 5.73 Å². The number of hydrogen-bond acceptors (Lipinski definition) is 1. The average molecular weight is 207 g/mol. The highest BCUT2D eigenvalue weighted by molar-refractivity contribution is 5.24. The Bertz CT molecular complexity index is 351. The summed E-state index contributed by atoms with van der Waals surface area (Å²) >= 11 is 0. The van der Waals surface area contributed by atoms with Crippen LogP contribution in [-0.2, 0) is 0 Å². The van der Waals surface area contributed by atoms with Gasteiger partial charge in [-0.3, -0.25) is 0 Å². The van der Waals surface area contributed by atoms with Gasteiger partial charge in [-0.25, -0.2) is 17.6 Å². The molecule has 0 aliphatic carbocycles. The fourth-order valence-electron chi connectivity index (χ4n) is 1.08. The third kappa shape index (κ3) is 1.72. The fourth-order valence-corrected chi connectivity index (χ4v) is 1.08. The minimum Gasteiger partial charge on any atom is -0.324 e. The number of halogens is 4. The highest BCUT2D eigenvalue weighted by Gasteiger charge is 2.21. The van der Waals surface area contributed by atoms with Gasteiger partial charge in [-0.2, -0.15) is 0 Å². The first-order valence-corrected chi connectivity index (χ1v) is 4.07. The van der Waals surface area contributed by atoms with Gasteiger partial charge in [0.05, 0.1) is 0 Å². The van der Waals surface area contributed by atoms with Gasteiger partial charge in [0.15, 0.2) is 23.3 Å². The first-order valence-electron chi connectivity index (χ1n) is 4.07. The molecule has 0 spiro atoms. The smallest absolute Gasteiger partial charge is 0.197 e. The van der Waals surface area contributed by atoms with Crippen LogP contribution in [0, 0.1) is 23.3 Å². The van der Waals surface area contributed by atoms with Crippen molar-refractivity contribution in [2.75, 3.05) is 0 Å². The van der Waals surface area contributed by atoms with E-state index in [2.05, 4.69) is 0 Å². The summed E-state index contributed by atoms with van der Waals surface area (Å²) in [4.78, 5) is 0. The molecule has 0 aromatic heterocycles. The molecule has 1 rings (SSSR count). The molecule has 0 radical (unpaired) electrons. The van der Waals surface area contributed by atoms with Crippen molar-refractivity contribution < 1.29 is 17.6 Å². The van der Waals surface area contributed by atoms with Crippen LogP contribution in [-0.4, -0.2) is 0 Å². The molecule has 0 saturated heterocycles. The van der Waals surface area contributed by atoms with Crippen LogP contribution in [0.4, 0.5) is 17.6 Å². The Morgan fingerprint density at radius 3 is 2.21 bits per heavy atom. The molecule has 0 heterocycles. The maximum Gasteiger partial charge on any atom is 0.197 e. The van der Waals surface area contributed by atoms with Crippen molar-refractivity contribution in [1.29, 1.82) is 0 Å². The molecular weight excluding hydrogens is 198 g/mol.